The van der Waals surface area contributed by atoms with E-state index < -0.39 is 0 Å². The van der Waals surface area contributed by atoms with Crippen molar-refractivity contribution in [2.45, 2.75) is 38.5 Å². The Bertz CT molecular complexity index is 1080. The predicted molar refractivity (Wildman–Crippen MR) is 130 cm³/mol. The standard InChI is InChI=1S/C30H27N/c1-4-10-28-25(7-1)16-13-22-19-23-14-17-26-8-2-5-11-29(26)31(28)30-12-6-3-9-27(30)18-15-24(20-22)21-23/h1-12,19-21H,13-18H2. The van der Waals surface area contributed by atoms with Gasteiger partial charge in [-0.1, -0.05) is 72.8 Å². The van der Waals surface area contributed by atoms with Crippen molar-refractivity contribution in [3.63, 3.8) is 0 Å². The van der Waals surface area contributed by atoms with Crippen LogP contribution in [0.1, 0.15) is 33.4 Å². The van der Waals surface area contributed by atoms with Crippen molar-refractivity contribution in [2.75, 3.05) is 4.90 Å². The number of nitrogens with zero attached hydrogens (tertiary/aromatic N) is 1. The minimum Gasteiger partial charge on any atom is -0.310 e. The van der Waals surface area contributed by atoms with Crippen molar-refractivity contribution in [3.05, 3.63) is 124 Å². The van der Waals surface area contributed by atoms with Crippen molar-refractivity contribution in [1.29, 1.82) is 0 Å². The maximum Gasteiger partial charge on any atom is 0.0493 e. The zero-order valence-corrected chi connectivity index (χ0v) is 17.9. The summed E-state index contributed by atoms with van der Waals surface area (Å²) in [6, 6.07) is 34.4. The van der Waals surface area contributed by atoms with Crippen LogP contribution in [0.4, 0.5) is 17.1 Å². The minimum absolute atomic E-state index is 1.06. The first kappa shape index (κ1) is 18.4. The number of benzene rings is 4. The molecule has 1 nitrogen and oxygen atoms in total. The summed E-state index contributed by atoms with van der Waals surface area (Å²) in [4.78, 5) is 2.54. The number of fused-ring (bicyclic) bond motifs is 3. The Morgan fingerprint density at radius 2 is 0.710 bits per heavy atom. The molecule has 7 rings (SSSR count). The van der Waals surface area contributed by atoms with Gasteiger partial charge in [-0.15, -0.1) is 0 Å². The lowest BCUT2D eigenvalue weighted by Gasteiger charge is -2.32. The minimum atomic E-state index is 1.06. The van der Waals surface area contributed by atoms with E-state index in [0.717, 1.165) is 38.5 Å². The van der Waals surface area contributed by atoms with Crippen molar-refractivity contribution >= 4 is 17.1 Å². The van der Waals surface area contributed by atoms with Gasteiger partial charge in [-0.3, -0.25) is 0 Å². The van der Waals surface area contributed by atoms with Crippen LogP contribution in [0, 0.1) is 0 Å². The summed E-state index contributed by atoms with van der Waals surface area (Å²) in [5, 5.41) is 0. The number of hydrogen-bond donors (Lipinski definition) is 0. The number of para-hydroxylation sites is 3. The fraction of sp³-hybridized carbons (Fsp3) is 0.200. The fourth-order valence-corrected chi connectivity index (χ4v) is 5.32. The molecular formula is C30H27N. The van der Waals surface area contributed by atoms with Crippen LogP contribution in [0.5, 0.6) is 0 Å². The van der Waals surface area contributed by atoms with Gasteiger partial charge in [0.2, 0.25) is 0 Å². The van der Waals surface area contributed by atoms with Crippen molar-refractivity contribution < 1.29 is 0 Å². The third-order valence-electron chi connectivity index (χ3n) is 6.86. The molecule has 3 aliphatic rings. The first-order valence-electron chi connectivity index (χ1n) is 11.5. The fourth-order valence-electron chi connectivity index (χ4n) is 5.32. The van der Waals surface area contributed by atoms with Gasteiger partial charge >= 0.3 is 0 Å². The molecule has 4 bridgehead atoms. The van der Waals surface area contributed by atoms with Crippen LogP contribution in [0.25, 0.3) is 0 Å². The second-order valence-corrected chi connectivity index (χ2v) is 8.88. The lowest BCUT2D eigenvalue weighted by atomic mass is 9.91. The Hall–Kier alpha value is -3.32. The average Bonchev–Trinajstić information content (AvgIpc) is 2.81. The van der Waals surface area contributed by atoms with E-state index in [9.17, 15) is 0 Å². The van der Waals surface area contributed by atoms with Crippen LogP contribution in [-0.4, -0.2) is 0 Å². The Morgan fingerprint density at radius 3 is 1.06 bits per heavy atom. The number of rotatable bonds is 0. The lowest BCUT2D eigenvalue weighted by Crippen LogP contribution is -2.17. The summed E-state index contributed by atoms with van der Waals surface area (Å²) in [5.41, 5.74) is 12.7. The monoisotopic (exact) mass is 401 g/mol. The van der Waals surface area contributed by atoms with E-state index in [1.54, 1.807) is 0 Å². The molecule has 4 aromatic rings. The highest BCUT2D eigenvalue weighted by molar-refractivity contribution is 5.82. The molecule has 0 aromatic heterocycles. The molecule has 1 heteroatoms. The Kier molecular flexibility index (Phi) is 4.61. The topological polar surface area (TPSA) is 3.24 Å². The van der Waals surface area contributed by atoms with Crippen LogP contribution in [0.2, 0.25) is 0 Å². The van der Waals surface area contributed by atoms with Gasteiger partial charge in [0.1, 0.15) is 0 Å². The third kappa shape index (κ3) is 3.45. The molecule has 0 atom stereocenters. The highest BCUT2D eigenvalue weighted by Gasteiger charge is 2.22. The normalized spacial score (nSPS) is 14.9. The zero-order valence-electron chi connectivity index (χ0n) is 17.9. The van der Waals surface area contributed by atoms with Crippen molar-refractivity contribution in [3.8, 4) is 0 Å². The molecule has 3 heterocycles. The Balaban J connectivity index is 1.70. The second kappa shape index (κ2) is 7.74. The highest BCUT2D eigenvalue weighted by atomic mass is 15.1. The predicted octanol–water partition coefficient (Wildman–Crippen LogP) is 7.14. The van der Waals surface area contributed by atoms with Gasteiger partial charge < -0.3 is 4.90 Å². The van der Waals surface area contributed by atoms with Gasteiger partial charge in [-0.05, 0) is 90.1 Å². The van der Waals surface area contributed by atoms with E-state index >= 15 is 0 Å². The molecule has 0 amide bonds. The first-order chi connectivity index (χ1) is 15.3. The molecule has 0 spiro atoms. The van der Waals surface area contributed by atoms with E-state index in [0.29, 0.717) is 0 Å². The summed E-state index contributed by atoms with van der Waals surface area (Å²) in [6.07, 6.45) is 6.44. The second-order valence-electron chi connectivity index (χ2n) is 8.88. The molecule has 0 fully saturated rings. The maximum atomic E-state index is 2.54. The summed E-state index contributed by atoms with van der Waals surface area (Å²) in [5.74, 6) is 0. The Labute approximate surface area is 185 Å². The quantitative estimate of drug-likeness (QED) is 0.303. The summed E-state index contributed by atoms with van der Waals surface area (Å²) < 4.78 is 0. The summed E-state index contributed by atoms with van der Waals surface area (Å²) >= 11 is 0. The molecule has 0 saturated carbocycles. The highest BCUT2D eigenvalue weighted by Crippen LogP contribution is 2.41. The number of hydrogen-bond acceptors (Lipinski definition) is 1. The van der Waals surface area contributed by atoms with E-state index in [1.807, 2.05) is 0 Å². The van der Waals surface area contributed by atoms with Crippen molar-refractivity contribution in [1.82, 2.24) is 0 Å². The summed E-state index contributed by atoms with van der Waals surface area (Å²) in [6.45, 7) is 0. The SMILES string of the molecule is c1ccc2c(c1)CCc1cc3cc(c1)CCc1ccccc1N2c1ccccc1CC3. The smallest absolute Gasteiger partial charge is 0.0493 e. The van der Waals surface area contributed by atoms with E-state index in [4.69, 9.17) is 0 Å². The molecular weight excluding hydrogens is 374 g/mol. The zero-order chi connectivity index (χ0) is 20.6. The van der Waals surface area contributed by atoms with E-state index in [2.05, 4.69) is 95.9 Å². The van der Waals surface area contributed by atoms with E-state index in [-0.39, 0.29) is 0 Å². The molecule has 4 aromatic carbocycles. The Morgan fingerprint density at radius 1 is 0.387 bits per heavy atom. The van der Waals surface area contributed by atoms with Crippen LogP contribution >= 0.6 is 0 Å². The summed E-state index contributed by atoms with van der Waals surface area (Å²) in [7, 11) is 0. The molecule has 152 valence electrons. The lowest BCUT2D eigenvalue weighted by molar-refractivity contribution is 0.885. The van der Waals surface area contributed by atoms with Gasteiger partial charge in [0.25, 0.3) is 0 Å². The maximum absolute atomic E-state index is 2.54. The first-order valence-corrected chi connectivity index (χ1v) is 11.5. The van der Waals surface area contributed by atoms with Gasteiger partial charge in [0.05, 0.1) is 0 Å². The molecule has 0 aliphatic carbocycles. The third-order valence-corrected chi connectivity index (χ3v) is 6.86. The molecule has 0 unspecified atom stereocenters. The van der Waals surface area contributed by atoms with Crippen molar-refractivity contribution in [2.24, 2.45) is 0 Å². The van der Waals surface area contributed by atoms with Crippen LogP contribution in [0.15, 0.2) is 91.0 Å². The largest absolute Gasteiger partial charge is 0.310 e. The number of anilines is 3. The molecule has 0 saturated heterocycles. The van der Waals surface area contributed by atoms with Gasteiger partial charge in [0, 0.05) is 17.1 Å². The number of aryl methyl sites for hydroxylation is 6. The molecule has 0 N–H and O–H groups in total. The average molecular weight is 402 g/mol. The van der Waals surface area contributed by atoms with Gasteiger partial charge in [-0.2, -0.15) is 0 Å². The molecule has 3 aliphatic heterocycles. The molecule has 0 radical (unpaired) electrons. The van der Waals surface area contributed by atoms with Gasteiger partial charge in [0.15, 0.2) is 0 Å². The van der Waals surface area contributed by atoms with Crippen LogP contribution in [0.3, 0.4) is 0 Å². The van der Waals surface area contributed by atoms with Crippen LogP contribution in [-0.2, 0) is 38.5 Å². The van der Waals surface area contributed by atoms with E-state index in [1.165, 1.54) is 50.4 Å². The van der Waals surface area contributed by atoms with Crippen LogP contribution < -0.4 is 4.90 Å². The van der Waals surface area contributed by atoms with Gasteiger partial charge in [-0.25, -0.2) is 0 Å². The molecule has 31 heavy (non-hydrogen) atoms.